The van der Waals surface area contributed by atoms with Crippen molar-refractivity contribution < 1.29 is 13.3 Å². The number of nitro benzene ring substituents is 1. The van der Waals surface area contributed by atoms with Gasteiger partial charge in [0.15, 0.2) is 0 Å². The van der Waals surface area contributed by atoms with Gasteiger partial charge in [0.1, 0.15) is 0 Å². The summed E-state index contributed by atoms with van der Waals surface area (Å²) in [5, 5.41) is 11.0. The van der Waals surface area contributed by atoms with Crippen molar-refractivity contribution in [2.75, 3.05) is 4.72 Å². The van der Waals surface area contributed by atoms with E-state index in [0.717, 1.165) is 5.56 Å². The molecule has 0 heterocycles. The number of benzene rings is 2. The van der Waals surface area contributed by atoms with Crippen LogP contribution in [0.2, 0.25) is 0 Å². The van der Waals surface area contributed by atoms with E-state index in [1.807, 2.05) is 6.92 Å². The zero-order valence-electron chi connectivity index (χ0n) is 13.4. The highest BCUT2D eigenvalue weighted by Crippen LogP contribution is 2.29. The Morgan fingerprint density at radius 1 is 1.04 bits per heavy atom. The molecule has 0 unspecified atom stereocenters. The predicted molar refractivity (Wildman–Crippen MR) is 89.3 cm³/mol. The van der Waals surface area contributed by atoms with Crippen LogP contribution in [-0.4, -0.2) is 13.3 Å². The van der Waals surface area contributed by atoms with Crippen LogP contribution in [0.1, 0.15) is 22.3 Å². The smallest absolute Gasteiger partial charge is 0.274 e. The van der Waals surface area contributed by atoms with Crippen molar-refractivity contribution in [1.82, 2.24) is 0 Å². The average molecular weight is 334 g/mol. The molecule has 0 saturated heterocycles. The van der Waals surface area contributed by atoms with Gasteiger partial charge in [0.05, 0.1) is 21.1 Å². The molecule has 1 N–H and O–H groups in total. The molecule has 0 aliphatic carbocycles. The Morgan fingerprint density at radius 3 is 2.13 bits per heavy atom. The van der Waals surface area contributed by atoms with Gasteiger partial charge in [-0.05, 0) is 44.9 Å². The normalized spacial score (nSPS) is 11.3. The highest BCUT2D eigenvalue weighted by atomic mass is 32.2. The van der Waals surface area contributed by atoms with E-state index in [4.69, 9.17) is 0 Å². The number of anilines is 1. The van der Waals surface area contributed by atoms with Gasteiger partial charge in [-0.15, -0.1) is 0 Å². The van der Waals surface area contributed by atoms with Crippen LogP contribution < -0.4 is 4.72 Å². The van der Waals surface area contributed by atoms with Gasteiger partial charge < -0.3 is 0 Å². The monoisotopic (exact) mass is 334 g/mol. The van der Waals surface area contributed by atoms with E-state index in [0.29, 0.717) is 11.1 Å². The molecule has 0 spiro atoms. The van der Waals surface area contributed by atoms with E-state index in [1.165, 1.54) is 25.1 Å². The molecule has 0 saturated carbocycles. The van der Waals surface area contributed by atoms with Crippen LogP contribution in [0.5, 0.6) is 0 Å². The summed E-state index contributed by atoms with van der Waals surface area (Å²) < 4.78 is 27.9. The third-order valence-corrected chi connectivity index (χ3v) is 5.29. The van der Waals surface area contributed by atoms with Crippen molar-refractivity contribution in [3.05, 3.63) is 62.7 Å². The SMILES string of the molecule is Cc1cc(C)c(S(=O)(=O)Nc2cccc([N+](=O)[O-])c2C)c(C)c1. The topological polar surface area (TPSA) is 89.3 Å². The van der Waals surface area contributed by atoms with Gasteiger partial charge in [0.2, 0.25) is 0 Å². The van der Waals surface area contributed by atoms with Crippen LogP contribution in [0.15, 0.2) is 35.2 Å². The van der Waals surface area contributed by atoms with Crippen LogP contribution in [0.25, 0.3) is 0 Å². The van der Waals surface area contributed by atoms with Crippen molar-refractivity contribution in [2.45, 2.75) is 32.6 Å². The molecule has 0 bridgehead atoms. The molecule has 0 atom stereocenters. The number of nitrogens with one attached hydrogen (secondary N) is 1. The molecule has 23 heavy (non-hydrogen) atoms. The lowest BCUT2D eigenvalue weighted by molar-refractivity contribution is -0.385. The standard InChI is InChI=1S/C16H18N2O4S/c1-10-8-11(2)16(12(3)9-10)23(21,22)17-14-6-5-7-15(13(14)4)18(19)20/h5-9,17H,1-4H3. The Balaban J connectivity index is 2.52. The zero-order valence-corrected chi connectivity index (χ0v) is 14.2. The molecule has 0 aliphatic rings. The molecule has 0 amide bonds. The first-order chi connectivity index (χ1) is 10.6. The van der Waals surface area contributed by atoms with E-state index >= 15 is 0 Å². The van der Waals surface area contributed by atoms with Gasteiger partial charge in [-0.3, -0.25) is 14.8 Å². The van der Waals surface area contributed by atoms with Crippen molar-refractivity contribution >= 4 is 21.4 Å². The summed E-state index contributed by atoms with van der Waals surface area (Å²) in [6.45, 7) is 6.88. The first kappa shape index (κ1) is 17.0. The van der Waals surface area contributed by atoms with Gasteiger partial charge in [0.25, 0.3) is 15.7 Å². The molecule has 2 rings (SSSR count). The van der Waals surface area contributed by atoms with Crippen molar-refractivity contribution in [2.24, 2.45) is 0 Å². The summed E-state index contributed by atoms with van der Waals surface area (Å²) in [5.74, 6) is 0. The van der Waals surface area contributed by atoms with Crippen LogP contribution in [0, 0.1) is 37.8 Å². The van der Waals surface area contributed by atoms with E-state index in [1.54, 1.807) is 26.0 Å². The molecule has 7 heteroatoms. The third-order valence-electron chi connectivity index (χ3n) is 3.62. The molecular weight excluding hydrogens is 316 g/mol. The highest BCUT2D eigenvalue weighted by Gasteiger charge is 2.22. The maximum Gasteiger partial charge on any atom is 0.274 e. The fraction of sp³-hybridized carbons (Fsp3) is 0.250. The largest absolute Gasteiger partial charge is 0.279 e. The molecule has 0 fully saturated rings. The number of nitrogens with zero attached hydrogens (tertiary/aromatic N) is 1. The van der Waals surface area contributed by atoms with Crippen molar-refractivity contribution in [1.29, 1.82) is 0 Å². The Bertz CT molecular complexity index is 866. The van der Waals surface area contributed by atoms with Gasteiger partial charge in [-0.2, -0.15) is 0 Å². The summed E-state index contributed by atoms with van der Waals surface area (Å²) in [7, 11) is -3.83. The maximum atomic E-state index is 12.7. The van der Waals surface area contributed by atoms with Crippen molar-refractivity contribution in [3.63, 3.8) is 0 Å². The molecule has 6 nitrogen and oxygen atoms in total. The third kappa shape index (κ3) is 3.34. The van der Waals surface area contributed by atoms with Crippen molar-refractivity contribution in [3.8, 4) is 0 Å². The van der Waals surface area contributed by atoms with Crippen LogP contribution in [0.4, 0.5) is 11.4 Å². The molecule has 2 aromatic carbocycles. The van der Waals surface area contributed by atoms with Crippen LogP contribution >= 0.6 is 0 Å². The number of sulfonamides is 1. The first-order valence-electron chi connectivity index (χ1n) is 6.98. The quantitative estimate of drug-likeness (QED) is 0.683. The predicted octanol–water partition coefficient (Wildman–Crippen LogP) is 3.63. The second kappa shape index (κ2) is 6.00. The molecule has 0 aliphatic heterocycles. The molecule has 0 radical (unpaired) electrons. The summed E-state index contributed by atoms with van der Waals surface area (Å²) in [6.07, 6.45) is 0. The summed E-state index contributed by atoms with van der Waals surface area (Å²) in [5.41, 5.74) is 2.62. The Hall–Kier alpha value is -2.41. The van der Waals surface area contributed by atoms with Crippen LogP contribution in [-0.2, 0) is 10.0 Å². The minimum absolute atomic E-state index is 0.123. The Kier molecular flexibility index (Phi) is 4.42. The molecular formula is C16H18N2O4S. The van der Waals surface area contributed by atoms with Crippen LogP contribution in [0.3, 0.4) is 0 Å². The van der Waals surface area contributed by atoms with E-state index in [-0.39, 0.29) is 21.8 Å². The molecule has 0 aromatic heterocycles. The Morgan fingerprint density at radius 2 is 1.61 bits per heavy atom. The summed E-state index contributed by atoms with van der Waals surface area (Å²) >= 11 is 0. The van der Waals surface area contributed by atoms with Gasteiger partial charge in [0, 0.05) is 6.07 Å². The second-order valence-electron chi connectivity index (χ2n) is 5.54. The summed E-state index contributed by atoms with van der Waals surface area (Å²) in [4.78, 5) is 10.7. The minimum atomic E-state index is -3.83. The minimum Gasteiger partial charge on any atom is -0.279 e. The Labute approximate surface area is 135 Å². The number of hydrogen-bond donors (Lipinski definition) is 1. The first-order valence-corrected chi connectivity index (χ1v) is 8.46. The zero-order chi connectivity index (χ0) is 17.4. The molecule has 122 valence electrons. The summed E-state index contributed by atoms with van der Waals surface area (Å²) in [6, 6.07) is 7.90. The van der Waals surface area contributed by atoms with Gasteiger partial charge in [-0.1, -0.05) is 23.8 Å². The highest BCUT2D eigenvalue weighted by molar-refractivity contribution is 7.92. The fourth-order valence-electron chi connectivity index (χ4n) is 2.72. The van der Waals surface area contributed by atoms with E-state index in [9.17, 15) is 18.5 Å². The second-order valence-corrected chi connectivity index (χ2v) is 7.16. The average Bonchev–Trinajstić information content (AvgIpc) is 2.38. The maximum absolute atomic E-state index is 12.7. The van der Waals surface area contributed by atoms with Gasteiger partial charge in [-0.25, -0.2) is 8.42 Å². The molecule has 2 aromatic rings. The number of nitro groups is 1. The number of aryl methyl sites for hydroxylation is 3. The number of rotatable bonds is 4. The lowest BCUT2D eigenvalue weighted by atomic mass is 10.1. The lowest BCUT2D eigenvalue weighted by Crippen LogP contribution is -2.17. The fourth-order valence-corrected chi connectivity index (χ4v) is 4.30. The van der Waals surface area contributed by atoms with E-state index < -0.39 is 14.9 Å². The number of hydrogen-bond acceptors (Lipinski definition) is 4. The van der Waals surface area contributed by atoms with E-state index in [2.05, 4.69) is 4.72 Å². The lowest BCUT2D eigenvalue weighted by Gasteiger charge is -2.15. The van der Waals surface area contributed by atoms with Gasteiger partial charge >= 0.3 is 0 Å².